The van der Waals surface area contributed by atoms with Crippen LogP contribution in [0.1, 0.15) is 60.2 Å². The Labute approximate surface area is 241 Å². The number of rotatable bonds is 6. The van der Waals surface area contributed by atoms with Gasteiger partial charge in [0.05, 0.1) is 0 Å². The van der Waals surface area contributed by atoms with Gasteiger partial charge in [0.1, 0.15) is 5.49 Å². The van der Waals surface area contributed by atoms with Crippen molar-refractivity contribution < 1.29 is 9.59 Å². The maximum Gasteiger partial charge on any atom is 0.261 e. The number of benzene rings is 5. The quantitative estimate of drug-likeness (QED) is 0.126. The molecule has 5 aromatic carbocycles. The first-order chi connectivity index (χ1) is 20.3. The van der Waals surface area contributed by atoms with Crippen molar-refractivity contribution in [3.63, 3.8) is 0 Å². The van der Waals surface area contributed by atoms with Gasteiger partial charge in [0.2, 0.25) is 0 Å². The van der Waals surface area contributed by atoms with Crippen molar-refractivity contribution in [1.29, 1.82) is 0 Å². The Kier molecular flexibility index (Phi) is 5.33. The van der Waals surface area contributed by atoms with Crippen LogP contribution in [0.4, 0.5) is 0 Å². The lowest BCUT2D eigenvalue weighted by Crippen LogP contribution is -2.43. The molecule has 0 radical (unpaired) electrons. The van der Waals surface area contributed by atoms with Crippen LogP contribution < -0.4 is 16.8 Å². The van der Waals surface area contributed by atoms with Gasteiger partial charge in [-0.1, -0.05) is 51.0 Å². The fourth-order valence-electron chi connectivity index (χ4n) is 7.43. The van der Waals surface area contributed by atoms with Gasteiger partial charge in [0.25, 0.3) is 17.4 Å². The van der Waals surface area contributed by atoms with Crippen LogP contribution in [0.15, 0.2) is 58.3 Å². The number of aromatic nitrogens is 1. The summed E-state index contributed by atoms with van der Waals surface area (Å²) in [6.07, 6.45) is 3.65. The molecule has 2 aliphatic rings. The fourth-order valence-corrected chi connectivity index (χ4v) is 7.43. The normalized spacial score (nSPS) is 16.4. The van der Waals surface area contributed by atoms with E-state index in [1.807, 2.05) is 41.0 Å². The van der Waals surface area contributed by atoms with Gasteiger partial charge in [0.15, 0.2) is 0 Å². The summed E-state index contributed by atoms with van der Waals surface area (Å²) >= 11 is 0. The van der Waals surface area contributed by atoms with Gasteiger partial charge < -0.3 is 5.73 Å². The summed E-state index contributed by atoms with van der Waals surface area (Å²) in [5, 5.41) is 9.34. The van der Waals surface area contributed by atoms with E-state index in [0.29, 0.717) is 42.7 Å². The van der Waals surface area contributed by atoms with Crippen LogP contribution in [0.2, 0.25) is 0 Å². The first-order valence-electron chi connectivity index (χ1n) is 14.9. The second-order valence-corrected chi connectivity index (χ2v) is 12.8. The molecular formula is C35H32N4O3. The fraction of sp³-hybridized carbons (Fsp3) is 0.314. The van der Waals surface area contributed by atoms with E-state index >= 15 is 0 Å². The summed E-state index contributed by atoms with van der Waals surface area (Å²) in [5.41, 5.74) is 7.43. The highest BCUT2D eigenvalue weighted by Crippen LogP contribution is 2.45. The average molecular weight is 557 g/mol. The number of hydrogen-bond donors (Lipinski definition) is 1. The highest BCUT2D eigenvalue weighted by Gasteiger charge is 2.34. The second-order valence-electron chi connectivity index (χ2n) is 12.8. The van der Waals surface area contributed by atoms with E-state index in [1.54, 1.807) is 0 Å². The molecule has 0 atom stereocenters. The third-order valence-electron chi connectivity index (χ3n) is 9.40. The number of carbonyl (C=O) groups is 2. The summed E-state index contributed by atoms with van der Waals surface area (Å²) in [4.78, 5) is 47.5. The van der Waals surface area contributed by atoms with Crippen molar-refractivity contribution in [2.24, 2.45) is 16.1 Å². The molecule has 0 aliphatic carbocycles. The maximum atomic E-state index is 13.8. The van der Waals surface area contributed by atoms with E-state index in [1.165, 1.54) is 4.90 Å². The Hall–Kier alpha value is -4.36. The molecule has 0 unspecified atom stereocenters. The van der Waals surface area contributed by atoms with E-state index < -0.39 is 0 Å². The SMILES string of the molecule is CC1(C)CN=c2c3ccc4c5ccc6c7c(ccc(c8ccc(c(=O)n2C1)c3c84)c75)C(=O)N(CCCCCCN)C6=O. The molecule has 0 saturated heterocycles. The van der Waals surface area contributed by atoms with Gasteiger partial charge >= 0.3 is 0 Å². The van der Waals surface area contributed by atoms with Crippen LogP contribution in [-0.2, 0) is 6.54 Å². The van der Waals surface area contributed by atoms with Crippen LogP contribution in [0.3, 0.4) is 0 Å². The van der Waals surface area contributed by atoms with Crippen molar-refractivity contribution in [3.8, 4) is 0 Å². The Morgan fingerprint density at radius 1 is 0.690 bits per heavy atom. The zero-order chi connectivity index (χ0) is 28.9. The van der Waals surface area contributed by atoms with Gasteiger partial charge in [0, 0.05) is 57.7 Å². The number of fused-ring (bicyclic) bond motifs is 4. The molecule has 7 heteroatoms. The van der Waals surface area contributed by atoms with Gasteiger partial charge in [-0.05, 0) is 76.0 Å². The minimum Gasteiger partial charge on any atom is -0.330 e. The van der Waals surface area contributed by atoms with Crippen LogP contribution >= 0.6 is 0 Å². The van der Waals surface area contributed by atoms with Crippen molar-refractivity contribution in [1.82, 2.24) is 9.47 Å². The summed E-state index contributed by atoms with van der Waals surface area (Å²) in [6, 6.07) is 16.0. The smallest absolute Gasteiger partial charge is 0.261 e. The minimum atomic E-state index is -0.227. The molecule has 2 amide bonds. The Morgan fingerprint density at radius 2 is 1.21 bits per heavy atom. The molecule has 0 fully saturated rings. The molecule has 8 rings (SSSR count). The van der Waals surface area contributed by atoms with Crippen LogP contribution in [0.25, 0.3) is 53.9 Å². The van der Waals surface area contributed by atoms with E-state index in [-0.39, 0.29) is 22.8 Å². The van der Waals surface area contributed by atoms with E-state index in [2.05, 4.69) is 26.0 Å². The van der Waals surface area contributed by atoms with Crippen LogP contribution in [0, 0.1) is 5.41 Å². The number of hydrogen-bond acceptors (Lipinski definition) is 5. The zero-order valence-corrected chi connectivity index (χ0v) is 23.9. The van der Waals surface area contributed by atoms with Crippen molar-refractivity contribution >= 4 is 65.7 Å². The summed E-state index contributed by atoms with van der Waals surface area (Å²) in [6.45, 7) is 6.66. The number of carbonyl (C=O) groups excluding carboxylic acids is 2. The summed E-state index contributed by atoms with van der Waals surface area (Å²) in [5.74, 6) is -0.454. The first kappa shape index (κ1) is 25.4. The summed E-state index contributed by atoms with van der Waals surface area (Å²) < 4.78 is 1.84. The third-order valence-corrected chi connectivity index (χ3v) is 9.40. The highest BCUT2D eigenvalue weighted by molar-refractivity contribution is 6.40. The van der Waals surface area contributed by atoms with Crippen LogP contribution in [0.5, 0.6) is 0 Å². The molecular weight excluding hydrogens is 524 g/mol. The van der Waals surface area contributed by atoms with E-state index in [4.69, 9.17) is 10.7 Å². The summed E-state index contributed by atoms with van der Waals surface area (Å²) in [7, 11) is 0. The average Bonchev–Trinajstić information content (AvgIpc) is 2.99. The van der Waals surface area contributed by atoms with Crippen molar-refractivity contribution in [3.05, 3.63) is 75.5 Å². The van der Waals surface area contributed by atoms with Gasteiger partial charge in [-0.15, -0.1) is 0 Å². The molecule has 2 N–H and O–H groups in total. The van der Waals surface area contributed by atoms with Gasteiger partial charge in [-0.2, -0.15) is 0 Å². The highest BCUT2D eigenvalue weighted by atomic mass is 16.2. The zero-order valence-electron chi connectivity index (χ0n) is 23.9. The molecule has 2 aliphatic heterocycles. The number of nitrogens with zero attached hydrogens (tertiary/aromatic N) is 3. The lowest BCUT2D eigenvalue weighted by atomic mass is 9.83. The number of unbranched alkanes of at least 4 members (excludes halogenated alkanes) is 3. The molecule has 210 valence electrons. The molecule has 42 heavy (non-hydrogen) atoms. The molecule has 0 spiro atoms. The third kappa shape index (κ3) is 3.31. The monoisotopic (exact) mass is 556 g/mol. The van der Waals surface area contributed by atoms with Gasteiger partial charge in [-0.3, -0.25) is 28.8 Å². The molecule has 3 heterocycles. The van der Waals surface area contributed by atoms with Crippen molar-refractivity contribution in [2.45, 2.75) is 46.1 Å². The molecule has 6 aromatic rings. The Bertz CT molecular complexity index is 2190. The van der Waals surface area contributed by atoms with E-state index in [9.17, 15) is 14.4 Å². The molecule has 0 saturated carbocycles. The minimum absolute atomic E-state index is 0.00641. The molecule has 7 nitrogen and oxygen atoms in total. The predicted octanol–water partition coefficient (Wildman–Crippen LogP) is 5.55. The van der Waals surface area contributed by atoms with Gasteiger partial charge in [-0.25, -0.2) is 0 Å². The number of imide groups is 1. The lowest BCUT2D eigenvalue weighted by Gasteiger charge is -2.29. The first-order valence-corrected chi connectivity index (χ1v) is 14.9. The lowest BCUT2D eigenvalue weighted by molar-refractivity contribution is 0.0608. The molecule has 0 bridgehead atoms. The maximum absolute atomic E-state index is 13.8. The van der Waals surface area contributed by atoms with Crippen LogP contribution in [-0.4, -0.2) is 40.9 Å². The second kappa shape index (κ2) is 8.82. The Balaban J connectivity index is 1.38. The standard InChI is InChI=1S/C35H32N4O3/c1-35(2)17-37-31-23-11-7-19-21-9-13-25-30-26(33(41)38(32(25)40)16-6-4-3-5-15-36)14-10-22(28(21)30)20-8-12-24(29(23)27(19)20)34(42)39(31)18-35/h7-14H,3-6,15-18,36H2,1-2H3. The Morgan fingerprint density at radius 3 is 1.86 bits per heavy atom. The van der Waals surface area contributed by atoms with Crippen molar-refractivity contribution in [2.75, 3.05) is 19.6 Å². The number of pyridine rings is 1. The number of amides is 2. The number of nitrogens with two attached hydrogens (primary N) is 1. The predicted molar refractivity (Wildman–Crippen MR) is 168 cm³/mol. The van der Waals surface area contributed by atoms with E-state index in [0.717, 1.165) is 79.6 Å². The molecule has 1 aromatic heterocycles. The topological polar surface area (TPSA) is 97.8 Å². The largest absolute Gasteiger partial charge is 0.330 e.